The number of hydrogen-bond donors (Lipinski definition) is 1. The second-order valence-corrected chi connectivity index (χ2v) is 7.47. The highest BCUT2D eigenvalue weighted by molar-refractivity contribution is 7.89. The first-order chi connectivity index (χ1) is 10.4. The van der Waals surface area contributed by atoms with Crippen molar-refractivity contribution in [1.82, 2.24) is 14.5 Å². The standard InChI is InChI=1S/C14H20ClN3O3S/c1-12(19)16-6-7-17-8-10-18(11-9-17)22(20,21)14-5-3-2-4-13(14)15/h2-5H,6-11H2,1H3,(H,16,19). The van der Waals surface area contributed by atoms with E-state index in [1.807, 2.05) is 0 Å². The van der Waals surface area contributed by atoms with Gasteiger partial charge in [-0.15, -0.1) is 0 Å². The molecule has 0 atom stereocenters. The van der Waals surface area contributed by atoms with E-state index in [0.717, 1.165) is 6.54 Å². The first kappa shape index (κ1) is 17.2. The van der Waals surface area contributed by atoms with Gasteiger partial charge >= 0.3 is 0 Å². The molecule has 0 spiro atoms. The van der Waals surface area contributed by atoms with Crippen molar-refractivity contribution in [1.29, 1.82) is 0 Å². The first-order valence-electron chi connectivity index (χ1n) is 7.13. The van der Waals surface area contributed by atoms with Crippen LogP contribution in [-0.2, 0) is 14.8 Å². The van der Waals surface area contributed by atoms with E-state index in [2.05, 4.69) is 10.2 Å². The number of halogens is 1. The molecule has 1 aromatic carbocycles. The van der Waals surface area contributed by atoms with Gasteiger partial charge in [-0.2, -0.15) is 4.31 Å². The quantitative estimate of drug-likeness (QED) is 0.856. The van der Waals surface area contributed by atoms with Crippen LogP contribution < -0.4 is 5.32 Å². The highest BCUT2D eigenvalue weighted by Gasteiger charge is 2.29. The van der Waals surface area contributed by atoms with Crippen LogP contribution in [-0.4, -0.2) is 62.8 Å². The summed E-state index contributed by atoms with van der Waals surface area (Å²) in [6.45, 7) is 4.91. The van der Waals surface area contributed by atoms with Crippen LogP contribution in [0, 0.1) is 0 Å². The zero-order valence-corrected chi connectivity index (χ0v) is 14.0. The lowest BCUT2D eigenvalue weighted by Crippen LogP contribution is -2.50. The van der Waals surface area contributed by atoms with Gasteiger partial charge in [-0.1, -0.05) is 23.7 Å². The summed E-state index contributed by atoms with van der Waals surface area (Å²) >= 11 is 6.00. The average Bonchev–Trinajstić information content (AvgIpc) is 2.47. The highest BCUT2D eigenvalue weighted by Crippen LogP contribution is 2.24. The summed E-state index contributed by atoms with van der Waals surface area (Å²) in [6, 6.07) is 6.49. The molecule has 122 valence electrons. The Kier molecular flexibility index (Phi) is 5.80. The fraction of sp³-hybridized carbons (Fsp3) is 0.500. The van der Waals surface area contributed by atoms with Crippen molar-refractivity contribution in [2.45, 2.75) is 11.8 Å². The van der Waals surface area contributed by atoms with E-state index in [4.69, 9.17) is 11.6 Å². The summed E-state index contributed by atoms with van der Waals surface area (Å²) in [5.74, 6) is -0.0556. The van der Waals surface area contributed by atoms with Crippen LogP contribution in [0.25, 0.3) is 0 Å². The maximum Gasteiger partial charge on any atom is 0.244 e. The van der Waals surface area contributed by atoms with Crippen LogP contribution in [0.2, 0.25) is 5.02 Å². The molecule has 1 aliphatic heterocycles. The smallest absolute Gasteiger partial charge is 0.244 e. The monoisotopic (exact) mass is 345 g/mol. The van der Waals surface area contributed by atoms with E-state index in [-0.39, 0.29) is 15.8 Å². The van der Waals surface area contributed by atoms with Gasteiger partial charge in [-0.05, 0) is 12.1 Å². The summed E-state index contributed by atoms with van der Waals surface area (Å²) in [7, 11) is -3.55. The topological polar surface area (TPSA) is 69.7 Å². The molecule has 1 saturated heterocycles. The number of piperazine rings is 1. The highest BCUT2D eigenvalue weighted by atomic mass is 35.5. The SMILES string of the molecule is CC(=O)NCCN1CCN(S(=O)(=O)c2ccccc2Cl)CC1. The molecule has 0 saturated carbocycles. The van der Waals surface area contributed by atoms with E-state index in [9.17, 15) is 13.2 Å². The van der Waals surface area contributed by atoms with Gasteiger partial charge in [-0.25, -0.2) is 8.42 Å². The van der Waals surface area contributed by atoms with Crippen LogP contribution in [0.1, 0.15) is 6.92 Å². The van der Waals surface area contributed by atoms with Gasteiger partial charge in [0.1, 0.15) is 4.90 Å². The van der Waals surface area contributed by atoms with Crippen LogP contribution in [0.15, 0.2) is 29.2 Å². The number of carbonyl (C=O) groups is 1. The molecule has 6 nitrogen and oxygen atoms in total. The molecule has 0 radical (unpaired) electrons. The van der Waals surface area contributed by atoms with Crippen molar-refractivity contribution >= 4 is 27.5 Å². The van der Waals surface area contributed by atoms with Gasteiger partial charge in [0, 0.05) is 46.2 Å². The molecular weight excluding hydrogens is 326 g/mol. The maximum atomic E-state index is 12.6. The lowest BCUT2D eigenvalue weighted by molar-refractivity contribution is -0.119. The molecule has 8 heteroatoms. The van der Waals surface area contributed by atoms with E-state index < -0.39 is 10.0 Å². The van der Waals surface area contributed by atoms with Crippen LogP contribution >= 0.6 is 11.6 Å². The van der Waals surface area contributed by atoms with Gasteiger partial charge in [0.15, 0.2) is 0 Å². The maximum absolute atomic E-state index is 12.6. The van der Waals surface area contributed by atoms with Crippen LogP contribution in [0.3, 0.4) is 0 Å². The molecule has 2 rings (SSSR count). The zero-order valence-electron chi connectivity index (χ0n) is 12.5. The molecule has 22 heavy (non-hydrogen) atoms. The molecule has 1 aromatic rings. The summed E-state index contributed by atoms with van der Waals surface area (Å²) in [5, 5.41) is 2.98. The molecular formula is C14H20ClN3O3S. The second kappa shape index (κ2) is 7.41. The van der Waals surface area contributed by atoms with E-state index >= 15 is 0 Å². The Morgan fingerprint density at radius 3 is 2.45 bits per heavy atom. The minimum atomic E-state index is -3.55. The van der Waals surface area contributed by atoms with Crippen molar-refractivity contribution in [2.75, 3.05) is 39.3 Å². The van der Waals surface area contributed by atoms with Gasteiger partial charge in [-0.3, -0.25) is 9.69 Å². The molecule has 0 bridgehead atoms. The predicted molar refractivity (Wildman–Crippen MR) is 85.3 cm³/mol. The lowest BCUT2D eigenvalue weighted by Gasteiger charge is -2.34. The Morgan fingerprint density at radius 2 is 1.86 bits per heavy atom. The second-order valence-electron chi connectivity index (χ2n) is 5.16. The summed E-state index contributed by atoms with van der Waals surface area (Å²) in [5.41, 5.74) is 0. The number of amides is 1. The van der Waals surface area contributed by atoms with Crippen molar-refractivity contribution in [3.8, 4) is 0 Å². The normalized spacial score (nSPS) is 17.4. The molecule has 1 fully saturated rings. The molecule has 0 aromatic heterocycles. The Morgan fingerprint density at radius 1 is 1.23 bits per heavy atom. The minimum Gasteiger partial charge on any atom is -0.355 e. The van der Waals surface area contributed by atoms with Gasteiger partial charge in [0.05, 0.1) is 5.02 Å². The first-order valence-corrected chi connectivity index (χ1v) is 8.94. The molecule has 1 aliphatic rings. The molecule has 0 aliphatic carbocycles. The van der Waals surface area contributed by atoms with Crippen LogP contribution in [0.4, 0.5) is 0 Å². The summed E-state index contributed by atoms with van der Waals surface area (Å²) in [6.07, 6.45) is 0. The fourth-order valence-corrected chi connectivity index (χ4v) is 4.29. The largest absolute Gasteiger partial charge is 0.355 e. The third-order valence-corrected chi connectivity index (χ3v) is 5.99. The fourth-order valence-electron chi connectivity index (χ4n) is 2.38. The zero-order chi connectivity index (χ0) is 16.2. The molecule has 1 N–H and O–H groups in total. The van der Waals surface area contributed by atoms with E-state index in [0.29, 0.717) is 32.7 Å². The Hall–Kier alpha value is -1.15. The Bertz CT molecular complexity index is 628. The van der Waals surface area contributed by atoms with Crippen molar-refractivity contribution in [2.24, 2.45) is 0 Å². The minimum absolute atomic E-state index is 0.0556. The van der Waals surface area contributed by atoms with Crippen molar-refractivity contribution in [3.63, 3.8) is 0 Å². The predicted octanol–water partition coefficient (Wildman–Crippen LogP) is 0.782. The molecule has 1 heterocycles. The van der Waals surface area contributed by atoms with E-state index in [1.54, 1.807) is 18.2 Å². The van der Waals surface area contributed by atoms with Gasteiger partial charge < -0.3 is 5.32 Å². The Labute approximate surface area is 136 Å². The number of nitrogens with one attached hydrogen (secondary N) is 1. The Balaban J connectivity index is 1.94. The number of sulfonamides is 1. The average molecular weight is 346 g/mol. The van der Waals surface area contributed by atoms with Gasteiger partial charge in [0.25, 0.3) is 0 Å². The third-order valence-electron chi connectivity index (χ3n) is 3.59. The molecule has 1 amide bonds. The summed E-state index contributed by atoms with van der Waals surface area (Å²) in [4.78, 5) is 13.1. The van der Waals surface area contributed by atoms with Crippen LogP contribution in [0.5, 0.6) is 0 Å². The summed E-state index contributed by atoms with van der Waals surface area (Å²) < 4.78 is 26.6. The lowest BCUT2D eigenvalue weighted by atomic mass is 10.3. The number of rotatable bonds is 5. The number of nitrogens with zero attached hydrogens (tertiary/aromatic N) is 2. The number of hydrogen-bond acceptors (Lipinski definition) is 4. The van der Waals surface area contributed by atoms with Gasteiger partial charge in [0.2, 0.25) is 15.9 Å². The third kappa shape index (κ3) is 4.19. The molecule has 0 unspecified atom stereocenters. The van der Waals surface area contributed by atoms with E-state index in [1.165, 1.54) is 17.3 Å². The van der Waals surface area contributed by atoms with Crippen molar-refractivity contribution < 1.29 is 13.2 Å². The van der Waals surface area contributed by atoms with Crippen molar-refractivity contribution in [3.05, 3.63) is 29.3 Å². The number of carbonyl (C=O) groups excluding carboxylic acids is 1. The number of benzene rings is 1.